The van der Waals surface area contributed by atoms with Crippen molar-refractivity contribution in [2.45, 2.75) is 25.4 Å². The quantitative estimate of drug-likeness (QED) is 0.647. The summed E-state index contributed by atoms with van der Waals surface area (Å²) in [4.78, 5) is 1.98. The molecule has 0 aliphatic carbocycles. The molecule has 0 amide bonds. The third-order valence-corrected chi connectivity index (χ3v) is 3.41. The topological polar surface area (TPSA) is 62.3 Å². The molecule has 4 nitrogen and oxygen atoms in total. The van der Waals surface area contributed by atoms with Crippen LogP contribution < -0.4 is 10.6 Å². The number of rotatable bonds is 4. The Morgan fingerprint density at radius 3 is 2.95 bits per heavy atom. The number of amidine groups is 1. The van der Waals surface area contributed by atoms with Crippen molar-refractivity contribution >= 4 is 11.5 Å². The van der Waals surface area contributed by atoms with Crippen LogP contribution in [0.1, 0.15) is 24.8 Å². The molecule has 2 rings (SSSR count). The van der Waals surface area contributed by atoms with Gasteiger partial charge in [-0.25, -0.2) is 4.39 Å². The lowest BCUT2D eigenvalue weighted by Gasteiger charge is -2.29. The van der Waals surface area contributed by atoms with E-state index in [1.807, 2.05) is 11.9 Å². The molecule has 0 saturated carbocycles. The van der Waals surface area contributed by atoms with Gasteiger partial charge >= 0.3 is 0 Å². The monoisotopic (exact) mass is 265 g/mol. The molecule has 1 aliphatic heterocycles. The van der Waals surface area contributed by atoms with Gasteiger partial charge in [-0.15, -0.1) is 0 Å². The van der Waals surface area contributed by atoms with Crippen LogP contribution in [0.2, 0.25) is 0 Å². The Balaban J connectivity index is 2.13. The van der Waals surface area contributed by atoms with E-state index >= 15 is 0 Å². The molecule has 1 aliphatic rings. The lowest BCUT2D eigenvalue weighted by atomic mass is 10.1. The van der Waals surface area contributed by atoms with E-state index in [1.54, 1.807) is 6.07 Å². The molecule has 1 aromatic rings. The fourth-order valence-corrected chi connectivity index (χ4v) is 2.41. The van der Waals surface area contributed by atoms with Crippen molar-refractivity contribution in [3.05, 3.63) is 29.6 Å². The maximum absolute atomic E-state index is 13.2. The highest BCUT2D eigenvalue weighted by Crippen LogP contribution is 2.22. The van der Waals surface area contributed by atoms with Gasteiger partial charge in [0.25, 0.3) is 0 Å². The first-order valence-corrected chi connectivity index (χ1v) is 6.54. The SMILES string of the molecule is CN(CC1CCCCO1)c1ccc(F)cc1C(=N)N. The van der Waals surface area contributed by atoms with E-state index in [9.17, 15) is 4.39 Å². The first kappa shape index (κ1) is 13.8. The molecule has 0 aromatic heterocycles. The van der Waals surface area contributed by atoms with Crippen LogP contribution in [0.25, 0.3) is 0 Å². The predicted molar refractivity (Wildman–Crippen MR) is 74.3 cm³/mol. The van der Waals surface area contributed by atoms with Crippen molar-refractivity contribution in [3.63, 3.8) is 0 Å². The van der Waals surface area contributed by atoms with Crippen LogP contribution in [0.5, 0.6) is 0 Å². The molecule has 0 radical (unpaired) electrons. The zero-order chi connectivity index (χ0) is 13.8. The molecule has 1 fully saturated rings. The molecule has 3 N–H and O–H groups in total. The molecule has 104 valence electrons. The standard InChI is InChI=1S/C14H20FN3O/c1-18(9-11-4-2-3-7-19-11)13-6-5-10(15)8-12(13)14(16)17/h5-6,8,11H,2-4,7,9H2,1H3,(H3,16,17). The van der Waals surface area contributed by atoms with Gasteiger partial charge < -0.3 is 15.4 Å². The minimum atomic E-state index is -0.378. The van der Waals surface area contributed by atoms with Crippen LogP contribution in [0.4, 0.5) is 10.1 Å². The van der Waals surface area contributed by atoms with Gasteiger partial charge in [-0.05, 0) is 37.5 Å². The van der Waals surface area contributed by atoms with Gasteiger partial charge in [0, 0.05) is 31.5 Å². The van der Waals surface area contributed by atoms with E-state index in [2.05, 4.69) is 0 Å². The summed E-state index contributed by atoms with van der Waals surface area (Å²) in [6, 6.07) is 4.35. The summed E-state index contributed by atoms with van der Waals surface area (Å²) in [5.74, 6) is -0.498. The Bertz CT molecular complexity index is 458. The van der Waals surface area contributed by atoms with E-state index in [1.165, 1.54) is 18.6 Å². The molecular weight excluding hydrogens is 245 g/mol. The van der Waals surface area contributed by atoms with Crippen molar-refractivity contribution in [1.82, 2.24) is 0 Å². The van der Waals surface area contributed by atoms with Crippen molar-refractivity contribution in [2.75, 3.05) is 25.1 Å². The summed E-state index contributed by atoms with van der Waals surface area (Å²) in [5.41, 5.74) is 6.71. The maximum atomic E-state index is 13.2. The minimum Gasteiger partial charge on any atom is -0.384 e. The van der Waals surface area contributed by atoms with E-state index in [-0.39, 0.29) is 17.8 Å². The summed E-state index contributed by atoms with van der Waals surface area (Å²) in [6.45, 7) is 1.54. The Morgan fingerprint density at radius 2 is 2.32 bits per heavy atom. The predicted octanol–water partition coefficient (Wildman–Crippen LogP) is 2.12. The second kappa shape index (κ2) is 6.02. The number of benzene rings is 1. The third kappa shape index (κ3) is 3.44. The number of halogens is 1. The van der Waals surface area contributed by atoms with Gasteiger partial charge in [-0.1, -0.05) is 0 Å². The highest BCUT2D eigenvalue weighted by Gasteiger charge is 2.18. The zero-order valence-corrected chi connectivity index (χ0v) is 11.2. The number of nitrogens with zero attached hydrogens (tertiary/aromatic N) is 1. The van der Waals surface area contributed by atoms with Gasteiger partial charge in [0.05, 0.1) is 6.10 Å². The first-order chi connectivity index (χ1) is 9.08. The van der Waals surface area contributed by atoms with Crippen LogP contribution in [-0.4, -0.2) is 32.1 Å². The van der Waals surface area contributed by atoms with Gasteiger partial charge in [0.2, 0.25) is 0 Å². The smallest absolute Gasteiger partial charge is 0.125 e. The van der Waals surface area contributed by atoms with Crippen molar-refractivity contribution in [1.29, 1.82) is 5.41 Å². The number of hydrogen-bond acceptors (Lipinski definition) is 3. The lowest BCUT2D eigenvalue weighted by molar-refractivity contribution is 0.0216. The fraction of sp³-hybridized carbons (Fsp3) is 0.500. The molecular formula is C14H20FN3O. The highest BCUT2D eigenvalue weighted by molar-refractivity contribution is 6.00. The maximum Gasteiger partial charge on any atom is 0.125 e. The highest BCUT2D eigenvalue weighted by atomic mass is 19.1. The second-order valence-corrected chi connectivity index (χ2v) is 4.94. The molecule has 1 unspecified atom stereocenters. The number of hydrogen-bond donors (Lipinski definition) is 2. The van der Waals surface area contributed by atoms with Crippen LogP contribution >= 0.6 is 0 Å². The van der Waals surface area contributed by atoms with Crippen LogP contribution in [0, 0.1) is 11.2 Å². The minimum absolute atomic E-state index is 0.120. The number of likely N-dealkylation sites (N-methyl/N-ethyl adjacent to an activating group) is 1. The average molecular weight is 265 g/mol. The Kier molecular flexibility index (Phi) is 4.37. The molecule has 1 atom stereocenters. The zero-order valence-electron chi connectivity index (χ0n) is 11.2. The fourth-order valence-electron chi connectivity index (χ4n) is 2.41. The average Bonchev–Trinajstić information content (AvgIpc) is 2.39. The molecule has 1 saturated heterocycles. The van der Waals surface area contributed by atoms with E-state index in [4.69, 9.17) is 15.9 Å². The largest absolute Gasteiger partial charge is 0.384 e. The van der Waals surface area contributed by atoms with Crippen LogP contribution in [-0.2, 0) is 4.74 Å². The van der Waals surface area contributed by atoms with Crippen molar-refractivity contribution < 1.29 is 9.13 Å². The summed E-state index contributed by atoms with van der Waals surface area (Å²) >= 11 is 0. The Labute approximate surface area is 112 Å². The number of nitrogens with two attached hydrogens (primary N) is 1. The number of nitrogens with one attached hydrogen (secondary N) is 1. The van der Waals surface area contributed by atoms with Crippen LogP contribution in [0.15, 0.2) is 18.2 Å². The molecule has 0 bridgehead atoms. The molecule has 0 spiro atoms. The Morgan fingerprint density at radius 1 is 1.53 bits per heavy atom. The van der Waals surface area contributed by atoms with E-state index < -0.39 is 0 Å². The number of nitrogen functional groups attached to an aromatic ring is 1. The summed E-state index contributed by atoms with van der Waals surface area (Å²) in [5, 5.41) is 7.54. The van der Waals surface area contributed by atoms with Crippen LogP contribution in [0.3, 0.4) is 0 Å². The molecule has 19 heavy (non-hydrogen) atoms. The normalized spacial score (nSPS) is 19.2. The molecule has 1 aromatic carbocycles. The summed E-state index contributed by atoms with van der Waals surface area (Å²) in [7, 11) is 1.91. The van der Waals surface area contributed by atoms with E-state index in [0.29, 0.717) is 5.56 Å². The Hall–Kier alpha value is -1.62. The van der Waals surface area contributed by atoms with Crippen molar-refractivity contribution in [2.24, 2.45) is 5.73 Å². The van der Waals surface area contributed by atoms with Gasteiger partial charge in [-0.3, -0.25) is 5.41 Å². The van der Waals surface area contributed by atoms with E-state index in [0.717, 1.165) is 31.7 Å². The molecule has 1 heterocycles. The molecule has 5 heteroatoms. The van der Waals surface area contributed by atoms with Gasteiger partial charge in [-0.2, -0.15) is 0 Å². The summed E-state index contributed by atoms with van der Waals surface area (Å²) < 4.78 is 18.9. The number of ether oxygens (including phenoxy) is 1. The number of anilines is 1. The first-order valence-electron chi connectivity index (χ1n) is 6.54. The lowest BCUT2D eigenvalue weighted by Crippen LogP contribution is -2.34. The van der Waals surface area contributed by atoms with Crippen molar-refractivity contribution in [3.8, 4) is 0 Å². The summed E-state index contributed by atoms with van der Waals surface area (Å²) in [6.07, 6.45) is 3.54. The van der Waals surface area contributed by atoms with Gasteiger partial charge in [0.15, 0.2) is 0 Å². The second-order valence-electron chi connectivity index (χ2n) is 4.94. The third-order valence-electron chi connectivity index (χ3n) is 3.41. The van der Waals surface area contributed by atoms with Gasteiger partial charge in [0.1, 0.15) is 11.7 Å².